The highest BCUT2D eigenvalue weighted by atomic mass is 35.5. The zero-order chi connectivity index (χ0) is 18.8. The Morgan fingerprint density at radius 1 is 1.40 bits per heavy atom. The van der Waals surface area contributed by atoms with E-state index in [-0.39, 0.29) is 5.41 Å². The van der Waals surface area contributed by atoms with Gasteiger partial charge < -0.3 is 15.3 Å². The second kappa shape index (κ2) is 7.55. The third kappa shape index (κ3) is 5.35. The van der Waals surface area contributed by atoms with Gasteiger partial charge in [0.1, 0.15) is 0 Å². The average Bonchev–Trinajstić information content (AvgIpc) is 3.15. The zero-order valence-corrected chi connectivity index (χ0v) is 16.8. The standard InChI is InChI=1S/C20H31ClN2O2/c1-19(2,3)17-13-20(17,22-18(24)25)12-15-11-14(8-9-16(15)21)7-6-10-23(4)5/h8-9,11,17,22H,6-7,10,12-13H2,1-5H3,(H,24,25). The highest BCUT2D eigenvalue weighted by Crippen LogP contribution is 2.55. The summed E-state index contributed by atoms with van der Waals surface area (Å²) >= 11 is 6.43. The fourth-order valence-corrected chi connectivity index (χ4v) is 4.07. The summed E-state index contributed by atoms with van der Waals surface area (Å²) < 4.78 is 0. The Labute approximate surface area is 156 Å². The lowest BCUT2D eigenvalue weighted by Crippen LogP contribution is -2.41. The molecule has 0 heterocycles. The number of benzene rings is 1. The molecule has 0 bridgehead atoms. The summed E-state index contributed by atoms with van der Waals surface area (Å²) in [6, 6.07) is 6.18. The van der Waals surface area contributed by atoms with Gasteiger partial charge in [-0.05, 0) is 74.8 Å². The Hall–Kier alpha value is -1.26. The molecule has 5 heteroatoms. The maximum Gasteiger partial charge on any atom is 0.405 e. The first kappa shape index (κ1) is 20.1. The van der Waals surface area contributed by atoms with Gasteiger partial charge in [0.25, 0.3) is 0 Å². The minimum absolute atomic E-state index is 0.0677. The highest BCUT2D eigenvalue weighted by Gasteiger charge is 2.59. The molecule has 1 amide bonds. The summed E-state index contributed by atoms with van der Waals surface area (Å²) in [5.41, 5.74) is 1.98. The molecule has 1 aromatic carbocycles. The molecule has 140 valence electrons. The molecule has 1 aliphatic rings. The van der Waals surface area contributed by atoms with Crippen molar-refractivity contribution in [3.05, 3.63) is 34.3 Å². The van der Waals surface area contributed by atoms with Crippen LogP contribution in [0.4, 0.5) is 4.79 Å². The first-order valence-corrected chi connectivity index (χ1v) is 9.34. The van der Waals surface area contributed by atoms with E-state index in [1.807, 2.05) is 6.07 Å². The largest absolute Gasteiger partial charge is 0.465 e. The Kier molecular flexibility index (Phi) is 6.05. The normalized spacial score (nSPS) is 22.9. The van der Waals surface area contributed by atoms with Gasteiger partial charge in [-0.15, -0.1) is 0 Å². The second-order valence-electron chi connectivity index (χ2n) is 8.72. The Morgan fingerprint density at radius 2 is 2.08 bits per heavy atom. The van der Waals surface area contributed by atoms with Crippen molar-refractivity contribution >= 4 is 17.7 Å². The molecule has 2 N–H and O–H groups in total. The first-order chi connectivity index (χ1) is 11.5. The molecule has 25 heavy (non-hydrogen) atoms. The SMILES string of the molecule is CN(C)CCCc1ccc(Cl)c(CC2(NC(=O)O)CC2C(C)(C)C)c1. The Morgan fingerprint density at radius 3 is 2.60 bits per heavy atom. The molecule has 2 rings (SSSR count). The maximum atomic E-state index is 11.3. The fourth-order valence-electron chi connectivity index (χ4n) is 3.89. The number of carbonyl (C=O) groups is 1. The molecule has 1 aromatic rings. The topological polar surface area (TPSA) is 52.6 Å². The van der Waals surface area contributed by atoms with Crippen molar-refractivity contribution in [1.29, 1.82) is 0 Å². The van der Waals surface area contributed by atoms with Crippen molar-refractivity contribution in [2.75, 3.05) is 20.6 Å². The lowest BCUT2D eigenvalue weighted by molar-refractivity contribution is 0.182. The summed E-state index contributed by atoms with van der Waals surface area (Å²) in [4.78, 5) is 13.5. The number of carboxylic acid groups (broad SMARTS) is 1. The van der Waals surface area contributed by atoms with Crippen LogP contribution in [-0.4, -0.2) is 42.3 Å². The van der Waals surface area contributed by atoms with E-state index in [4.69, 9.17) is 11.6 Å². The molecule has 0 aliphatic heterocycles. The number of hydrogen-bond donors (Lipinski definition) is 2. The minimum atomic E-state index is -0.954. The van der Waals surface area contributed by atoms with Gasteiger partial charge >= 0.3 is 6.09 Å². The predicted octanol–water partition coefficient (Wildman–Crippen LogP) is 4.45. The number of hydrogen-bond acceptors (Lipinski definition) is 2. The number of nitrogens with one attached hydrogen (secondary N) is 1. The zero-order valence-electron chi connectivity index (χ0n) is 16.0. The number of amides is 1. The number of rotatable bonds is 7. The average molecular weight is 367 g/mol. The van der Waals surface area contributed by atoms with Crippen LogP contribution in [0.3, 0.4) is 0 Å². The Bertz CT molecular complexity index is 625. The van der Waals surface area contributed by atoms with Crippen LogP contribution in [0.5, 0.6) is 0 Å². The van der Waals surface area contributed by atoms with Gasteiger partial charge in [0.2, 0.25) is 0 Å². The summed E-state index contributed by atoms with van der Waals surface area (Å²) in [7, 11) is 4.16. The summed E-state index contributed by atoms with van der Waals surface area (Å²) in [6.07, 6.45) is 2.66. The molecule has 0 aromatic heterocycles. The number of halogens is 1. The van der Waals surface area contributed by atoms with E-state index in [1.165, 1.54) is 5.56 Å². The van der Waals surface area contributed by atoms with Gasteiger partial charge in [0.15, 0.2) is 0 Å². The summed E-state index contributed by atoms with van der Waals surface area (Å²) in [5.74, 6) is 0.324. The molecular formula is C20H31ClN2O2. The van der Waals surface area contributed by atoms with Crippen LogP contribution in [0.1, 0.15) is 44.7 Å². The van der Waals surface area contributed by atoms with Gasteiger partial charge in [0, 0.05) is 5.02 Å². The van der Waals surface area contributed by atoms with Crippen LogP contribution in [0.2, 0.25) is 5.02 Å². The molecule has 1 aliphatic carbocycles. The molecule has 4 nitrogen and oxygen atoms in total. The molecule has 2 unspecified atom stereocenters. The van der Waals surface area contributed by atoms with Crippen LogP contribution >= 0.6 is 11.6 Å². The first-order valence-electron chi connectivity index (χ1n) is 8.97. The van der Waals surface area contributed by atoms with E-state index in [0.29, 0.717) is 12.3 Å². The highest BCUT2D eigenvalue weighted by molar-refractivity contribution is 6.31. The number of aryl methyl sites for hydroxylation is 1. The molecule has 0 saturated heterocycles. The van der Waals surface area contributed by atoms with Crippen LogP contribution in [-0.2, 0) is 12.8 Å². The van der Waals surface area contributed by atoms with Gasteiger partial charge in [-0.3, -0.25) is 0 Å². The third-order valence-electron chi connectivity index (χ3n) is 5.16. The lowest BCUT2D eigenvalue weighted by Gasteiger charge is -2.26. The molecule has 0 spiro atoms. The molecular weight excluding hydrogens is 336 g/mol. The lowest BCUT2D eigenvalue weighted by atomic mass is 9.85. The number of nitrogens with zero attached hydrogens (tertiary/aromatic N) is 1. The smallest absolute Gasteiger partial charge is 0.405 e. The van der Waals surface area contributed by atoms with E-state index in [0.717, 1.165) is 36.4 Å². The quantitative estimate of drug-likeness (QED) is 0.749. The summed E-state index contributed by atoms with van der Waals surface area (Å²) in [5, 5.41) is 12.8. The monoisotopic (exact) mass is 366 g/mol. The van der Waals surface area contributed by atoms with Crippen molar-refractivity contribution in [3.8, 4) is 0 Å². The fraction of sp³-hybridized carbons (Fsp3) is 0.650. The van der Waals surface area contributed by atoms with E-state index >= 15 is 0 Å². The summed E-state index contributed by atoms with van der Waals surface area (Å²) in [6.45, 7) is 7.56. The van der Waals surface area contributed by atoms with E-state index in [1.54, 1.807) is 0 Å². The van der Waals surface area contributed by atoms with Crippen LogP contribution in [0.15, 0.2) is 18.2 Å². The minimum Gasteiger partial charge on any atom is -0.465 e. The maximum absolute atomic E-state index is 11.3. The van der Waals surface area contributed by atoms with Crippen molar-refractivity contribution in [3.63, 3.8) is 0 Å². The van der Waals surface area contributed by atoms with Crippen LogP contribution in [0.25, 0.3) is 0 Å². The third-order valence-corrected chi connectivity index (χ3v) is 5.53. The van der Waals surface area contributed by atoms with E-state index in [9.17, 15) is 9.90 Å². The van der Waals surface area contributed by atoms with Crippen LogP contribution < -0.4 is 5.32 Å². The molecule has 0 radical (unpaired) electrons. The second-order valence-corrected chi connectivity index (χ2v) is 9.13. The van der Waals surface area contributed by atoms with Gasteiger partial charge in [-0.1, -0.05) is 44.5 Å². The van der Waals surface area contributed by atoms with Crippen molar-refractivity contribution < 1.29 is 9.90 Å². The van der Waals surface area contributed by atoms with E-state index in [2.05, 4.69) is 57.2 Å². The van der Waals surface area contributed by atoms with Gasteiger partial charge in [0.05, 0.1) is 5.54 Å². The molecule has 1 saturated carbocycles. The van der Waals surface area contributed by atoms with E-state index < -0.39 is 11.6 Å². The van der Waals surface area contributed by atoms with Crippen molar-refractivity contribution in [2.24, 2.45) is 11.3 Å². The molecule has 2 atom stereocenters. The van der Waals surface area contributed by atoms with Crippen molar-refractivity contribution in [2.45, 2.75) is 52.0 Å². The van der Waals surface area contributed by atoms with Gasteiger partial charge in [-0.2, -0.15) is 0 Å². The Balaban J connectivity index is 2.15. The van der Waals surface area contributed by atoms with Crippen molar-refractivity contribution in [1.82, 2.24) is 10.2 Å². The van der Waals surface area contributed by atoms with Crippen LogP contribution in [0, 0.1) is 11.3 Å². The molecule has 1 fully saturated rings. The van der Waals surface area contributed by atoms with Gasteiger partial charge in [-0.25, -0.2) is 4.79 Å². The predicted molar refractivity (Wildman–Crippen MR) is 103 cm³/mol.